The van der Waals surface area contributed by atoms with E-state index in [-0.39, 0.29) is 11.9 Å². The number of nitrogens with zero attached hydrogens (tertiary/aromatic N) is 1. The molecule has 18 heavy (non-hydrogen) atoms. The van der Waals surface area contributed by atoms with Crippen molar-refractivity contribution in [2.24, 2.45) is 5.73 Å². The number of rotatable bonds is 3. The molecule has 0 aliphatic heterocycles. The molecule has 2 aromatic rings. The molecular formula is C14H15FN2S. The summed E-state index contributed by atoms with van der Waals surface area (Å²) in [5.41, 5.74) is 7.36. The average molecular weight is 262 g/mol. The zero-order valence-corrected chi connectivity index (χ0v) is 11.2. The first-order chi connectivity index (χ1) is 8.58. The minimum Gasteiger partial charge on any atom is -0.324 e. The van der Waals surface area contributed by atoms with Crippen molar-refractivity contribution in [3.8, 4) is 0 Å². The van der Waals surface area contributed by atoms with Gasteiger partial charge in [-0.2, -0.15) is 0 Å². The molecule has 0 aliphatic rings. The Hall–Kier alpha value is -1.39. The van der Waals surface area contributed by atoms with Crippen molar-refractivity contribution < 1.29 is 4.39 Å². The zero-order chi connectivity index (χ0) is 13.1. The molecule has 0 aliphatic carbocycles. The standard InChI is InChI=1S/C14H15FN2S/c1-9-7-14(12(10(2)16)8-13(9)15)18-11-3-5-17-6-4-11/h3-8,10H,16H2,1-2H3/t10-/m0/s1. The third-order valence-corrected chi connectivity index (χ3v) is 3.74. The Labute approximate surface area is 110 Å². The minimum atomic E-state index is -0.207. The molecule has 0 saturated heterocycles. The van der Waals surface area contributed by atoms with Crippen LogP contribution in [-0.4, -0.2) is 4.98 Å². The van der Waals surface area contributed by atoms with Crippen LogP contribution in [0.4, 0.5) is 4.39 Å². The van der Waals surface area contributed by atoms with Crippen LogP contribution in [0.15, 0.2) is 46.5 Å². The number of nitrogens with two attached hydrogens (primary N) is 1. The number of aromatic nitrogens is 1. The first kappa shape index (κ1) is 13.1. The molecule has 1 aromatic carbocycles. The Morgan fingerprint density at radius 2 is 1.94 bits per heavy atom. The molecular weight excluding hydrogens is 247 g/mol. The smallest absolute Gasteiger partial charge is 0.126 e. The van der Waals surface area contributed by atoms with Gasteiger partial charge in [-0.3, -0.25) is 4.98 Å². The molecule has 0 amide bonds. The van der Waals surface area contributed by atoms with E-state index >= 15 is 0 Å². The number of hydrogen-bond donors (Lipinski definition) is 1. The van der Waals surface area contributed by atoms with E-state index in [9.17, 15) is 4.39 Å². The summed E-state index contributed by atoms with van der Waals surface area (Å²) < 4.78 is 13.6. The van der Waals surface area contributed by atoms with Crippen LogP contribution in [0.2, 0.25) is 0 Å². The highest BCUT2D eigenvalue weighted by atomic mass is 32.2. The molecule has 0 unspecified atom stereocenters. The normalized spacial score (nSPS) is 12.4. The Bertz CT molecular complexity index is 541. The number of benzene rings is 1. The highest BCUT2D eigenvalue weighted by molar-refractivity contribution is 7.99. The second-order valence-corrected chi connectivity index (χ2v) is 5.33. The molecule has 2 rings (SSSR count). The molecule has 2 N–H and O–H groups in total. The van der Waals surface area contributed by atoms with Gasteiger partial charge in [0.25, 0.3) is 0 Å². The fourth-order valence-electron chi connectivity index (χ4n) is 1.65. The highest BCUT2D eigenvalue weighted by Gasteiger charge is 2.12. The second-order valence-electron chi connectivity index (χ2n) is 4.21. The van der Waals surface area contributed by atoms with Gasteiger partial charge < -0.3 is 5.73 Å². The van der Waals surface area contributed by atoms with E-state index in [1.165, 1.54) is 6.07 Å². The largest absolute Gasteiger partial charge is 0.324 e. The van der Waals surface area contributed by atoms with Crippen LogP contribution in [0.5, 0.6) is 0 Å². The van der Waals surface area contributed by atoms with Gasteiger partial charge in [-0.25, -0.2) is 4.39 Å². The minimum absolute atomic E-state index is 0.190. The van der Waals surface area contributed by atoms with Crippen molar-refractivity contribution in [3.05, 3.63) is 53.6 Å². The van der Waals surface area contributed by atoms with Gasteiger partial charge in [-0.15, -0.1) is 0 Å². The van der Waals surface area contributed by atoms with Crippen molar-refractivity contribution in [1.29, 1.82) is 0 Å². The molecule has 1 aromatic heterocycles. The Balaban J connectivity index is 2.40. The first-order valence-corrected chi connectivity index (χ1v) is 6.53. The van der Waals surface area contributed by atoms with E-state index < -0.39 is 0 Å². The first-order valence-electron chi connectivity index (χ1n) is 5.71. The summed E-state index contributed by atoms with van der Waals surface area (Å²) in [6, 6.07) is 7.04. The number of aryl methyl sites for hydroxylation is 1. The average Bonchev–Trinajstić information content (AvgIpc) is 2.34. The number of halogens is 1. The summed E-state index contributed by atoms with van der Waals surface area (Å²) >= 11 is 1.58. The molecule has 1 atom stereocenters. The Kier molecular flexibility index (Phi) is 3.99. The molecule has 0 bridgehead atoms. The quantitative estimate of drug-likeness (QED) is 0.916. The number of hydrogen-bond acceptors (Lipinski definition) is 3. The van der Waals surface area contributed by atoms with Crippen molar-refractivity contribution in [2.45, 2.75) is 29.7 Å². The van der Waals surface area contributed by atoms with Gasteiger partial charge in [-0.1, -0.05) is 11.8 Å². The van der Waals surface area contributed by atoms with E-state index in [1.54, 1.807) is 31.1 Å². The third kappa shape index (κ3) is 2.89. The van der Waals surface area contributed by atoms with Gasteiger partial charge in [-0.05, 0) is 49.2 Å². The van der Waals surface area contributed by atoms with E-state index in [1.807, 2.05) is 25.1 Å². The van der Waals surface area contributed by atoms with Gasteiger partial charge in [0.05, 0.1) is 0 Å². The van der Waals surface area contributed by atoms with Crippen LogP contribution in [0.25, 0.3) is 0 Å². The van der Waals surface area contributed by atoms with Crippen LogP contribution in [0.3, 0.4) is 0 Å². The lowest BCUT2D eigenvalue weighted by Crippen LogP contribution is -2.07. The van der Waals surface area contributed by atoms with Gasteiger partial charge >= 0.3 is 0 Å². The summed E-state index contributed by atoms with van der Waals surface area (Å²) in [6.07, 6.45) is 3.48. The lowest BCUT2D eigenvalue weighted by Gasteiger charge is -2.14. The summed E-state index contributed by atoms with van der Waals surface area (Å²) in [5, 5.41) is 0. The molecule has 2 nitrogen and oxygen atoms in total. The SMILES string of the molecule is Cc1cc(Sc2ccncc2)c([C@H](C)N)cc1F. The van der Waals surface area contributed by atoms with Crippen LogP contribution in [-0.2, 0) is 0 Å². The predicted octanol–water partition coefficient (Wildman–Crippen LogP) is 3.70. The van der Waals surface area contributed by atoms with Gasteiger partial charge in [0.1, 0.15) is 5.82 Å². The fourth-order valence-corrected chi connectivity index (χ4v) is 2.76. The lowest BCUT2D eigenvalue weighted by molar-refractivity contribution is 0.610. The van der Waals surface area contributed by atoms with Crippen molar-refractivity contribution in [1.82, 2.24) is 4.98 Å². The fraction of sp³-hybridized carbons (Fsp3) is 0.214. The maximum Gasteiger partial charge on any atom is 0.126 e. The Morgan fingerprint density at radius 3 is 2.56 bits per heavy atom. The second kappa shape index (κ2) is 5.50. The van der Waals surface area contributed by atoms with Crippen LogP contribution < -0.4 is 5.73 Å². The topological polar surface area (TPSA) is 38.9 Å². The monoisotopic (exact) mass is 262 g/mol. The molecule has 94 valence electrons. The zero-order valence-electron chi connectivity index (χ0n) is 10.4. The lowest BCUT2D eigenvalue weighted by atomic mass is 10.1. The van der Waals surface area contributed by atoms with Gasteiger partial charge in [0, 0.05) is 28.2 Å². The summed E-state index contributed by atoms with van der Waals surface area (Å²) in [5.74, 6) is -0.207. The number of pyridine rings is 1. The van der Waals surface area contributed by atoms with Crippen molar-refractivity contribution in [2.75, 3.05) is 0 Å². The summed E-state index contributed by atoms with van der Waals surface area (Å²) in [7, 11) is 0. The van der Waals surface area contributed by atoms with Crippen LogP contribution in [0, 0.1) is 12.7 Å². The third-order valence-electron chi connectivity index (χ3n) is 2.66. The van der Waals surface area contributed by atoms with E-state index in [0.29, 0.717) is 5.56 Å². The summed E-state index contributed by atoms with van der Waals surface area (Å²) in [6.45, 7) is 3.62. The maximum atomic E-state index is 13.6. The summed E-state index contributed by atoms with van der Waals surface area (Å²) in [4.78, 5) is 6.04. The van der Waals surface area contributed by atoms with Gasteiger partial charge in [0.2, 0.25) is 0 Å². The van der Waals surface area contributed by atoms with Crippen LogP contribution in [0.1, 0.15) is 24.1 Å². The van der Waals surface area contributed by atoms with Crippen molar-refractivity contribution >= 4 is 11.8 Å². The van der Waals surface area contributed by atoms with E-state index in [0.717, 1.165) is 15.4 Å². The van der Waals surface area contributed by atoms with E-state index in [2.05, 4.69) is 4.98 Å². The highest BCUT2D eigenvalue weighted by Crippen LogP contribution is 2.34. The molecule has 1 heterocycles. The predicted molar refractivity (Wildman–Crippen MR) is 72.1 cm³/mol. The molecule has 0 radical (unpaired) electrons. The van der Waals surface area contributed by atoms with Crippen molar-refractivity contribution in [3.63, 3.8) is 0 Å². The van der Waals surface area contributed by atoms with Crippen LogP contribution >= 0.6 is 11.8 Å². The molecule has 0 fully saturated rings. The molecule has 0 spiro atoms. The Morgan fingerprint density at radius 1 is 1.28 bits per heavy atom. The maximum absolute atomic E-state index is 13.6. The van der Waals surface area contributed by atoms with E-state index in [4.69, 9.17) is 5.73 Å². The van der Waals surface area contributed by atoms with Gasteiger partial charge in [0.15, 0.2) is 0 Å². The molecule has 0 saturated carbocycles. The molecule has 4 heteroatoms.